The second-order valence-corrected chi connectivity index (χ2v) is 9.05. The van der Waals surface area contributed by atoms with E-state index in [4.69, 9.17) is 14.6 Å². The van der Waals surface area contributed by atoms with Crippen LogP contribution < -0.4 is 14.8 Å². The van der Waals surface area contributed by atoms with Crippen LogP contribution in [-0.2, 0) is 40.0 Å². The highest BCUT2D eigenvalue weighted by Gasteiger charge is 2.18. The van der Waals surface area contributed by atoms with E-state index in [0.29, 0.717) is 39.4 Å². The summed E-state index contributed by atoms with van der Waals surface area (Å²) in [7, 11) is -0.593. The lowest BCUT2D eigenvalue weighted by atomic mass is 10.0. The zero-order valence-corrected chi connectivity index (χ0v) is 18.2. The number of sulfone groups is 1. The number of nitrogens with one attached hydrogen (secondary N) is 1. The van der Waals surface area contributed by atoms with E-state index in [2.05, 4.69) is 5.32 Å². The molecule has 9 nitrogen and oxygen atoms in total. The van der Waals surface area contributed by atoms with Crippen molar-refractivity contribution in [2.75, 3.05) is 31.8 Å². The van der Waals surface area contributed by atoms with E-state index in [1.807, 2.05) is 0 Å². The number of rotatable bonds is 12. The third-order valence-corrected chi connectivity index (χ3v) is 6.32. The van der Waals surface area contributed by atoms with E-state index in [9.17, 15) is 23.4 Å². The van der Waals surface area contributed by atoms with Gasteiger partial charge in [0, 0.05) is 22.9 Å². The van der Waals surface area contributed by atoms with Crippen LogP contribution >= 0.6 is 0 Å². The lowest BCUT2D eigenvalue weighted by Crippen LogP contribution is -2.15. The fourth-order valence-corrected chi connectivity index (χ4v) is 4.52. The Morgan fingerprint density at radius 2 is 1.74 bits per heavy atom. The van der Waals surface area contributed by atoms with Gasteiger partial charge in [0.1, 0.15) is 18.0 Å². The van der Waals surface area contributed by atoms with E-state index in [1.165, 1.54) is 20.3 Å². The number of ether oxygens (including phenoxy) is 2. The van der Waals surface area contributed by atoms with E-state index in [1.54, 1.807) is 24.3 Å². The molecule has 0 saturated carbocycles. The number of anilines is 1. The van der Waals surface area contributed by atoms with Gasteiger partial charge in [-0.2, -0.15) is 0 Å². The summed E-state index contributed by atoms with van der Waals surface area (Å²) in [6.45, 7) is -0.954. The molecule has 2 rings (SSSR count). The van der Waals surface area contributed by atoms with Gasteiger partial charge in [0.25, 0.3) is 0 Å². The topological polar surface area (TPSA) is 142 Å². The molecule has 2 aromatic carbocycles. The van der Waals surface area contributed by atoms with Crippen LogP contribution in [0.1, 0.15) is 22.3 Å². The normalized spacial score (nSPS) is 11.2. The zero-order valence-electron chi connectivity index (χ0n) is 17.4. The largest absolute Gasteiger partial charge is 0.497 e. The van der Waals surface area contributed by atoms with Crippen molar-refractivity contribution in [1.29, 1.82) is 0 Å². The van der Waals surface area contributed by atoms with Crippen molar-refractivity contribution in [3.8, 4) is 11.5 Å². The van der Waals surface area contributed by atoms with Gasteiger partial charge in [-0.25, -0.2) is 8.42 Å². The monoisotopic (exact) mass is 453 g/mol. The van der Waals surface area contributed by atoms with Crippen LogP contribution in [0, 0.1) is 0 Å². The first-order chi connectivity index (χ1) is 14.7. The summed E-state index contributed by atoms with van der Waals surface area (Å²) in [6, 6.07) is 7.94. The number of aliphatic carboxylic acids is 1. The van der Waals surface area contributed by atoms with Gasteiger partial charge in [0.2, 0.25) is 0 Å². The second kappa shape index (κ2) is 11.0. The summed E-state index contributed by atoms with van der Waals surface area (Å²) in [5, 5.41) is 30.6. The first-order valence-corrected chi connectivity index (χ1v) is 11.3. The maximum absolute atomic E-state index is 12.7. The van der Waals surface area contributed by atoms with Crippen LogP contribution in [0.15, 0.2) is 30.3 Å². The number of aliphatic hydroxyl groups excluding tert-OH is 2. The van der Waals surface area contributed by atoms with Crippen LogP contribution in [0.4, 0.5) is 5.69 Å². The Hall–Kier alpha value is -2.82. The van der Waals surface area contributed by atoms with Gasteiger partial charge >= 0.3 is 5.97 Å². The molecule has 0 bridgehead atoms. The van der Waals surface area contributed by atoms with Crippen LogP contribution in [0.25, 0.3) is 0 Å². The molecule has 0 aromatic heterocycles. The fraction of sp³-hybridized carbons (Fsp3) is 0.381. The summed E-state index contributed by atoms with van der Waals surface area (Å²) >= 11 is 0. The Kier molecular flexibility index (Phi) is 8.66. The number of aliphatic hydroxyl groups is 2. The molecular weight excluding hydrogens is 426 g/mol. The molecule has 0 atom stereocenters. The Balaban J connectivity index is 2.19. The van der Waals surface area contributed by atoms with Gasteiger partial charge in [-0.1, -0.05) is 12.1 Å². The molecular formula is C21H27NO8S. The SMILES string of the molecule is COc1cc(CO)c(CCS(=O)(=O)Cc2ccc(CO)c(NCC(=O)O)c2)c(OC)c1. The number of hydrogen-bond acceptors (Lipinski definition) is 8. The molecule has 0 spiro atoms. The molecule has 4 N–H and O–H groups in total. The number of carboxylic acids is 1. The molecule has 0 unspecified atom stereocenters. The fourth-order valence-electron chi connectivity index (χ4n) is 3.17. The summed E-state index contributed by atoms with van der Waals surface area (Å²) in [4.78, 5) is 10.8. The highest BCUT2D eigenvalue weighted by molar-refractivity contribution is 7.90. The van der Waals surface area contributed by atoms with Gasteiger partial charge in [-0.3, -0.25) is 4.79 Å². The third-order valence-electron chi connectivity index (χ3n) is 4.73. The van der Waals surface area contributed by atoms with E-state index in [0.717, 1.165) is 0 Å². The Morgan fingerprint density at radius 3 is 2.32 bits per heavy atom. The molecule has 10 heteroatoms. The molecule has 2 aromatic rings. The molecule has 0 amide bonds. The molecule has 170 valence electrons. The smallest absolute Gasteiger partial charge is 0.322 e. The first-order valence-electron chi connectivity index (χ1n) is 9.46. The molecule has 0 aliphatic carbocycles. The van der Waals surface area contributed by atoms with Crippen molar-refractivity contribution in [3.63, 3.8) is 0 Å². The van der Waals surface area contributed by atoms with Crippen molar-refractivity contribution < 1.29 is 38.0 Å². The standard InChI is InChI=1S/C21H27NO8S/c1-29-17-8-16(12-24)18(20(9-17)30-2)5-6-31(27,28)13-14-3-4-15(11-23)19(7-14)22-10-21(25)26/h3-4,7-9,22-24H,5-6,10-13H2,1-2H3,(H,25,26). The maximum atomic E-state index is 12.7. The van der Waals surface area contributed by atoms with Crippen LogP contribution in [0.5, 0.6) is 11.5 Å². The second-order valence-electron chi connectivity index (χ2n) is 6.86. The number of carbonyl (C=O) groups is 1. The molecule has 0 radical (unpaired) electrons. The van der Waals surface area contributed by atoms with Gasteiger partial charge in [-0.05, 0) is 29.7 Å². The predicted octanol–water partition coefficient (Wildman–Crippen LogP) is 1.34. The van der Waals surface area contributed by atoms with Crippen LogP contribution in [-0.4, -0.2) is 56.2 Å². The minimum absolute atomic E-state index is 0.143. The zero-order chi connectivity index (χ0) is 23.0. The van der Waals surface area contributed by atoms with E-state index in [-0.39, 0.29) is 37.7 Å². The maximum Gasteiger partial charge on any atom is 0.322 e. The lowest BCUT2D eigenvalue weighted by molar-refractivity contribution is -0.134. The quantitative estimate of drug-likeness (QED) is 0.374. The third kappa shape index (κ3) is 6.84. The van der Waals surface area contributed by atoms with E-state index >= 15 is 0 Å². The average Bonchev–Trinajstić information content (AvgIpc) is 2.75. The number of methoxy groups -OCH3 is 2. The molecule has 0 aliphatic rings. The minimum Gasteiger partial charge on any atom is -0.497 e. The van der Waals surface area contributed by atoms with E-state index < -0.39 is 15.8 Å². The van der Waals surface area contributed by atoms with Crippen molar-refractivity contribution in [2.24, 2.45) is 0 Å². The van der Waals surface area contributed by atoms with Gasteiger partial charge in [0.05, 0.1) is 38.9 Å². The number of hydrogen-bond donors (Lipinski definition) is 4. The van der Waals surface area contributed by atoms with Crippen LogP contribution in [0.3, 0.4) is 0 Å². The Morgan fingerprint density at radius 1 is 1.03 bits per heavy atom. The molecule has 0 heterocycles. The van der Waals surface area contributed by atoms with Gasteiger partial charge in [0.15, 0.2) is 9.84 Å². The summed E-state index contributed by atoms with van der Waals surface area (Å²) in [6.07, 6.45) is 0.143. The molecule has 0 fully saturated rings. The summed E-state index contributed by atoms with van der Waals surface area (Å²) in [5.74, 6) is -0.575. The lowest BCUT2D eigenvalue weighted by Gasteiger charge is -2.15. The Bertz CT molecular complexity index is 995. The van der Waals surface area contributed by atoms with Crippen molar-refractivity contribution in [3.05, 3.63) is 52.6 Å². The van der Waals surface area contributed by atoms with Gasteiger partial charge in [-0.15, -0.1) is 0 Å². The van der Waals surface area contributed by atoms with Crippen LogP contribution in [0.2, 0.25) is 0 Å². The van der Waals surface area contributed by atoms with Crippen molar-refractivity contribution >= 4 is 21.5 Å². The number of benzene rings is 2. The molecule has 31 heavy (non-hydrogen) atoms. The average molecular weight is 454 g/mol. The predicted molar refractivity (Wildman–Crippen MR) is 115 cm³/mol. The number of carboxylic acid groups (broad SMARTS) is 1. The van der Waals surface area contributed by atoms with Crippen molar-refractivity contribution in [1.82, 2.24) is 0 Å². The summed E-state index contributed by atoms with van der Waals surface area (Å²) in [5.41, 5.74) is 2.43. The molecule has 0 saturated heterocycles. The van der Waals surface area contributed by atoms with Crippen molar-refractivity contribution in [2.45, 2.75) is 25.4 Å². The van der Waals surface area contributed by atoms with Gasteiger partial charge < -0.3 is 30.1 Å². The highest BCUT2D eigenvalue weighted by atomic mass is 32.2. The highest BCUT2D eigenvalue weighted by Crippen LogP contribution is 2.30. The molecule has 0 aliphatic heterocycles. The summed E-state index contributed by atoms with van der Waals surface area (Å²) < 4.78 is 36.0. The first kappa shape index (κ1) is 24.4. The minimum atomic E-state index is -3.54. The Labute approximate surface area is 181 Å².